The van der Waals surface area contributed by atoms with Crippen LogP contribution in [0.1, 0.15) is 38.4 Å². The highest BCUT2D eigenvalue weighted by Crippen LogP contribution is 2.14. The molecule has 9 nitrogen and oxygen atoms in total. The summed E-state index contributed by atoms with van der Waals surface area (Å²) in [7, 11) is 0. The molecule has 168 valence electrons. The molecular weight excluding hydrogens is 418 g/mol. The summed E-state index contributed by atoms with van der Waals surface area (Å²) in [4.78, 5) is 28.6. The zero-order chi connectivity index (χ0) is 23.4. The summed E-state index contributed by atoms with van der Waals surface area (Å²) >= 11 is 0. The summed E-state index contributed by atoms with van der Waals surface area (Å²) in [5.74, 6) is 0.158. The van der Waals surface area contributed by atoms with Crippen LogP contribution in [0.25, 0.3) is 0 Å². The third-order valence-electron chi connectivity index (χ3n) is 5.39. The number of pyridine rings is 2. The predicted molar refractivity (Wildman–Crippen MR) is 125 cm³/mol. The molecule has 3 N–H and O–H groups in total. The average molecular weight is 444 g/mol. The van der Waals surface area contributed by atoms with Crippen molar-refractivity contribution in [2.24, 2.45) is 0 Å². The van der Waals surface area contributed by atoms with Gasteiger partial charge in [-0.1, -0.05) is 35.5 Å². The highest BCUT2D eigenvalue weighted by molar-refractivity contribution is 5.91. The van der Waals surface area contributed by atoms with Crippen LogP contribution >= 0.6 is 0 Å². The van der Waals surface area contributed by atoms with Crippen molar-refractivity contribution in [2.75, 3.05) is 5.73 Å². The van der Waals surface area contributed by atoms with E-state index in [4.69, 9.17) is 5.73 Å². The Bertz CT molecular complexity index is 1320. The molecule has 4 aromatic rings. The van der Waals surface area contributed by atoms with Gasteiger partial charge in [0.15, 0.2) is 5.69 Å². The monoisotopic (exact) mass is 443 g/mol. The second-order valence-electron chi connectivity index (χ2n) is 7.90. The molecule has 0 fully saturated rings. The Morgan fingerprint density at radius 3 is 2.48 bits per heavy atom. The van der Waals surface area contributed by atoms with Gasteiger partial charge in [-0.3, -0.25) is 9.59 Å². The van der Waals surface area contributed by atoms with Gasteiger partial charge in [0.25, 0.3) is 11.5 Å². The highest BCUT2D eigenvalue weighted by atomic mass is 16.2. The number of carbonyl (C=O) groups excluding carboxylic acids is 1. The van der Waals surface area contributed by atoms with Crippen LogP contribution in [0, 0.1) is 13.8 Å². The fraction of sp³-hybridized carbons (Fsp3) is 0.208. The molecule has 0 atom stereocenters. The van der Waals surface area contributed by atoms with Gasteiger partial charge in [-0.15, -0.1) is 5.10 Å². The van der Waals surface area contributed by atoms with E-state index in [9.17, 15) is 9.59 Å². The van der Waals surface area contributed by atoms with Gasteiger partial charge in [-0.05, 0) is 48.2 Å². The quantitative estimate of drug-likeness (QED) is 0.451. The molecule has 1 amide bonds. The molecule has 1 aromatic carbocycles. The van der Waals surface area contributed by atoms with Crippen LogP contribution in [-0.2, 0) is 19.6 Å². The number of carbonyl (C=O) groups is 1. The zero-order valence-electron chi connectivity index (χ0n) is 18.5. The molecule has 0 saturated heterocycles. The van der Waals surface area contributed by atoms with E-state index < -0.39 is 0 Å². The Balaban J connectivity index is 1.36. The number of anilines is 1. The van der Waals surface area contributed by atoms with Crippen molar-refractivity contribution in [1.29, 1.82) is 0 Å². The molecule has 4 rings (SSSR count). The molecule has 0 radical (unpaired) electrons. The van der Waals surface area contributed by atoms with Gasteiger partial charge in [0, 0.05) is 24.5 Å². The SMILES string of the molecule is Cc1cc(N)nc(C)c1CNC(=O)c1cn(Cc2ccc(Cn3ccccc3=O)cc2)nn1. The molecule has 0 unspecified atom stereocenters. The van der Waals surface area contributed by atoms with Gasteiger partial charge in [-0.2, -0.15) is 0 Å². The number of hydrogen-bond acceptors (Lipinski definition) is 6. The Morgan fingerprint density at radius 1 is 1.06 bits per heavy atom. The number of amides is 1. The molecular formula is C24H25N7O2. The number of benzene rings is 1. The second kappa shape index (κ2) is 9.47. The number of nitrogens with two attached hydrogens (primary N) is 1. The number of rotatable bonds is 7. The van der Waals surface area contributed by atoms with E-state index >= 15 is 0 Å². The van der Waals surface area contributed by atoms with Crippen LogP contribution < -0.4 is 16.6 Å². The van der Waals surface area contributed by atoms with Crippen LogP contribution in [0.3, 0.4) is 0 Å². The van der Waals surface area contributed by atoms with Crippen LogP contribution in [-0.4, -0.2) is 30.5 Å². The minimum Gasteiger partial charge on any atom is -0.384 e. The van der Waals surface area contributed by atoms with Crippen molar-refractivity contribution in [3.8, 4) is 0 Å². The molecule has 3 heterocycles. The lowest BCUT2D eigenvalue weighted by Crippen LogP contribution is -2.24. The molecule has 0 spiro atoms. The van der Waals surface area contributed by atoms with Crippen LogP contribution in [0.2, 0.25) is 0 Å². The molecule has 33 heavy (non-hydrogen) atoms. The Labute approximate surface area is 190 Å². The van der Waals surface area contributed by atoms with E-state index in [0.717, 1.165) is 27.9 Å². The Kier molecular flexibility index (Phi) is 6.30. The predicted octanol–water partition coefficient (Wildman–Crippen LogP) is 2.06. The maximum Gasteiger partial charge on any atom is 0.273 e. The van der Waals surface area contributed by atoms with Crippen molar-refractivity contribution in [3.05, 3.63) is 105 Å². The van der Waals surface area contributed by atoms with E-state index in [2.05, 4.69) is 20.6 Å². The van der Waals surface area contributed by atoms with Gasteiger partial charge in [0.05, 0.1) is 19.3 Å². The zero-order valence-corrected chi connectivity index (χ0v) is 18.5. The van der Waals surface area contributed by atoms with Gasteiger partial charge in [0.2, 0.25) is 0 Å². The minimum atomic E-state index is -0.305. The van der Waals surface area contributed by atoms with E-state index in [1.807, 2.05) is 44.2 Å². The first-order chi connectivity index (χ1) is 15.9. The first kappa shape index (κ1) is 21.9. The lowest BCUT2D eigenvalue weighted by Gasteiger charge is -2.10. The van der Waals surface area contributed by atoms with E-state index in [1.165, 1.54) is 0 Å². The minimum absolute atomic E-state index is 0.0343. The average Bonchev–Trinajstić information content (AvgIpc) is 3.24. The summed E-state index contributed by atoms with van der Waals surface area (Å²) in [5, 5.41) is 10.9. The van der Waals surface area contributed by atoms with Gasteiger partial charge in [-0.25, -0.2) is 9.67 Å². The summed E-state index contributed by atoms with van der Waals surface area (Å²) < 4.78 is 3.27. The van der Waals surface area contributed by atoms with Crippen LogP contribution in [0.15, 0.2) is 65.7 Å². The summed E-state index contributed by atoms with van der Waals surface area (Å²) in [5.41, 5.74) is 10.7. The third kappa shape index (κ3) is 5.32. The van der Waals surface area contributed by atoms with Crippen molar-refractivity contribution < 1.29 is 4.79 Å². The third-order valence-corrected chi connectivity index (χ3v) is 5.39. The second-order valence-corrected chi connectivity index (χ2v) is 7.90. The normalized spacial score (nSPS) is 10.8. The van der Waals surface area contributed by atoms with E-state index in [-0.39, 0.29) is 17.2 Å². The van der Waals surface area contributed by atoms with Gasteiger partial charge < -0.3 is 15.6 Å². The van der Waals surface area contributed by atoms with Crippen molar-refractivity contribution >= 4 is 11.7 Å². The summed E-state index contributed by atoms with van der Waals surface area (Å²) in [6, 6.07) is 14.8. The fourth-order valence-electron chi connectivity index (χ4n) is 3.62. The molecule has 0 bridgehead atoms. The standard InChI is InChI=1S/C24H25N7O2/c1-16-11-22(25)27-17(2)20(16)12-26-24(33)21-15-31(29-28-21)14-19-8-6-18(7-9-19)13-30-10-4-3-5-23(30)32/h3-11,15H,12-14H2,1-2H3,(H2,25,27)(H,26,33). The maximum absolute atomic E-state index is 12.5. The number of hydrogen-bond donors (Lipinski definition) is 2. The topological polar surface area (TPSA) is 121 Å². The Hall–Kier alpha value is -4.27. The van der Waals surface area contributed by atoms with Crippen molar-refractivity contribution in [2.45, 2.75) is 33.5 Å². The first-order valence-corrected chi connectivity index (χ1v) is 10.5. The summed E-state index contributed by atoms with van der Waals surface area (Å²) in [6.45, 7) is 5.13. The largest absolute Gasteiger partial charge is 0.384 e. The number of aromatic nitrogens is 5. The molecule has 0 aliphatic carbocycles. The van der Waals surface area contributed by atoms with E-state index in [0.29, 0.717) is 25.5 Å². The highest BCUT2D eigenvalue weighted by Gasteiger charge is 2.13. The molecule has 0 aliphatic heterocycles. The van der Waals surface area contributed by atoms with Gasteiger partial charge in [0.1, 0.15) is 5.82 Å². The summed E-state index contributed by atoms with van der Waals surface area (Å²) in [6.07, 6.45) is 3.39. The Morgan fingerprint density at radius 2 is 1.79 bits per heavy atom. The van der Waals surface area contributed by atoms with Gasteiger partial charge >= 0.3 is 0 Å². The molecule has 9 heteroatoms. The number of nitrogens with one attached hydrogen (secondary N) is 1. The lowest BCUT2D eigenvalue weighted by atomic mass is 10.1. The lowest BCUT2D eigenvalue weighted by molar-refractivity contribution is 0.0945. The number of nitrogen functional groups attached to an aromatic ring is 1. The van der Waals surface area contributed by atoms with Crippen LogP contribution in [0.4, 0.5) is 5.82 Å². The smallest absolute Gasteiger partial charge is 0.273 e. The molecule has 0 aliphatic rings. The van der Waals surface area contributed by atoms with E-state index in [1.54, 1.807) is 39.8 Å². The molecule has 3 aromatic heterocycles. The first-order valence-electron chi connectivity index (χ1n) is 10.5. The number of nitrogens with zero attached hydrogens (tertiary/aromatic N) is 5. The van der Waals surface area contributed by atoms with Crippen LogP contribution in [0.5, 0.6) is 0 Å². The van der Waals surface area contributed by atoms with Crippen molar-refractivity contribution in [3.63, 3.8) is 0 Å². The van der Waals surface area contributed by atoms with Crippen molar-refractivity contribution in [1.82, 2.24) is 29.9 Å². The number of aryl methyl sites for hydroxylation is 2. The maximum atomic E-state index is 12.5. The fourth-order valence-corrected chi connectivity index (χ4v) is 3.62. The molecule has 0 saturated carbocycles.